The molecule has 0 aliphatic heterocycles. The van der Waals surface area contributed by atoms with Gasteiger partial charge in [0, 0.05) is 11.5 Å². The Bertz CT molecular complexity index is 238. The summed E-state index contributed by atoms with van der Waals surface area (Å²) in [6, 6.07) is 1.75. The van der Waals surface area contributed by atoms with E-state index < -0.39 is 5.60 Å². The van der Waals surface area contributed by atoms with E-state index in [0.29, 0.717) is 11.5 Å². The highest BCUT2D eigenvalue weighted by molar-refractivity contribution is 6.31. The van der Waals surface area contributed by atoms with Gasteiger partial charge >= 0.3 is 0 Å². The van der Waals surface area contributed by atoms with Crippen molar-refractivity contribution in [3.8, 4) is 6.07 Å². The van der Waals surface area contributed by atoms with Gasteiger partial charge in [-0.15, -0.1) is 0 Å². The number of allylic oxidation sites excluding steroid dienone is 2. The first-order valence-electron chi connectivity index (χ1n) is 2.85. The molecule has 0 aromatic rings. The number of halogens is 1. The summed E-state index contributed by atoms with van der Waals surface area (Å²) in [7, 11) is 0. The van der Waals surface area contributed by atoms with Crippen molar-refractivity contribution in [3.05, 3.63) is 23.3 Å². The van der Waals surface area contributed by atoms with Gasteiger partial charge in [0.05, 0.1) is 0 Å². The van der Waals surface area contributed by atoms with Crippen molar-refractivity contribution >= 4 is 11.6 Å². The molecule has 0 spiro atoms. The molecule has 1 N–H and O–H groups in total. The van der Waals surface area contributed by atoms with Gasteiger partial charge in [0.15, 0.2) is 5.60 Å². The summed E-state index contributed by atoms with van der Waals surface area (Å²) in [6.07, 6.45) is 4.99. The molecule has 1 aliphatic carbocycles. The monoisotopic (exact) mass is 155 g/mol. The second-order valence-electron chi connectivity index (χ2n) is 2.17. The number of aliphatic hydroxyl groups is 1. The van der Waals surface area contributed by atoms with Crippen LogP contribution in [0.15, 0.2) is 23.3 Å². The minimum Gasteiger partial charge on any atom is -0.372 e. The summed E-state index contributed by atoms with van der Waals surface area (Å²) in [4.78, 5) is 0. The van der Waals surface area contributed by atoms with E-state index in [4.69, 9.17) is 16.9 Å². The quantitative estimate of drug-likeness (QED) is 0.537. The Morgan fingerprint density at radius 3 is 2.90 bits per heavy atom. The number of hydrogen-bond donors (Lipinski definition) is 1. The molecule has 0 aromatic carbocycles. The molecule has 0 fully saturated rings. The summed E-state index contributed by atoms with van der Waals surface area (Å²) >= 11 is 5.54. The lowest BCUT2D eigenvalue weighted by Crippen LogP contribution is -2.23. The Labute approximate surface area is 64.0 Å². The lowest BCUT2D eigenvalue weighted by Gasteiger charge is -2.16. The molecule has 1 unspecified atom stereocenters. The maximum Gasteiger partial charge on any atom is 0.174 e. The zero-order chi connectivity index (χ0) is 7.61. The van der Waals surface area contributed by atoms with Gasteiger partial charge in [-0.2, -0.15) is 5.26 Å². The lowest BCUT2D eigenvalue weighted by atomic mass is 9.97. The summed E-state index contributed by atoms with van der Waals surface area (Å²) in [5.41, 5.74) is -1.38. The molecule has 0 bridgehead atoms. The second-order valence-corrected chi connectivity index (χ2v) is 2.61. The van der Waals surface area contributed by atoms with Crippen LogP contribution in [0.2, 0.25) is 0 Å². The van der Waals surface area contributed by atoms with Crippen molar-refractivity contribution in [2.24, 2.45) is 0 Å². The number of nitriles is 1. The SMILES string of the molecule is N#CC1(O)C=C(Cl)C=CC1. The van der Waals surface area contributed by atoms with E-state index >= 15 is 0 Å². The predicted octanol–water partition coefficient (Wildman–Crippen LogP) is 1.32. The molecule has 0 amide bonds. The Morgan fingerprint density at radius 1 is 1.80 bits per heavy atom. The molecule has 1 rings (SSSR count). The first-order valence-corrected chi connectivity index (χ1v) is 3.23. The maximum atomic E-state index is 9.28. The van der Waals surface area contributed by atoms with Crippen LogP contribution in [-0.2, 0) is 0 Å². The fourth-order valence-electron chi connectivity index (χ4n) is 0.764. The van der Waals surface area contributed by atoms with Crippen LogP contribution in [-0.4, -0.2) is 10.7 Å². The van der Waals surface area contributed by atoms with Crippen LogP contribution in [0.5, 0.6) is 0 Å². The highest BCUT2D eigenvalue weighted by Crippen LogP contribution is 2.22. The van der Waals surface area contributed by atoms with Crippen molar-refractivity contribution in [3.63, 3.8) is 0 Å². The van der Waals surface area contributed by atoms with Gasteiger partial charge in [0.2, 0.25) is 0 Å². The average Bonchev–Trinajstić information content (AvgIpc) is 1.88. The third kappa shape index (κ3) is 1.38. The van der Waals surface area contributed by atoms with E-state index in [1.165, 1.54) is 6.08 Å². The third-order valence-electron chi connectivity index (χ3n) is 1.28. The molecule has 0 heterocycles. The molecule has 1 aliphatic rings. The van der Waals surface area contributed by atoms with Crippen molar-refractivity contribution in [2.45, 2.75) is 12.0 Å². The molecule has 0 aromatic heterocycles. The molecule has 1 atom stereocenters. The molecule has 10 heavy (non-hydrogen) atoms. The second kappa shape index (κ2) is 2.45. The first-order chi connectivity index (χ1) is 4.66. The normalized spacial score (nSPS) is 31.1. The number of hydrogen-bond acceptors (Lipinski definition) is 2. The van der Waals surface area contributed by atoms with E-state index in [2.05, 4.69) is 0 Å². The zero-order valence-electron chi connectivity index (χ0n) is 5.21. The molecular formula is C7H6ClNO. The van der Waals surface area contributed by atoms with Gasteiger partial charge in [-0.3, -0.25) is 0 Å². The van der Waals surface area contributed by atoms with Gasteiger partial charge < -0.3 is 5.11 Å². The third-order valence-corrected chi connectivity index (χ3v) is 1.51. The van der Waals surface area contributed by atoms with Crippen LogP contribution in [0.1, 0.15) is 6.42 Å². The minimum atomic E-state index is -1.38. The molecular weight excluding hydrogens is 150 g/mol. The topological polar surface area (TPSA) is 44.0 Å². The number of nitrogens with zero attached hydrogens (tertiary/aromatic N) is 1. The highest BCUT2D eigenvalue weighted by atomic mass is 35.5. The fourth-order valence-corrected chi connectivity index (χ4v) is 1.03. The van der Waals surface area contributed by atoms with E-state index in [0.717, 1.165) is 0 Å². The van der Waals surface area contributed by atoms with Crippen LogP contribution in [0.4, 0.5) is 0 Å². The van der Waals surface area contributed by atoms with Crippen molar-refractivity contribution in [2.75, 3.05) is 0 Å². The Balaban J connectivity index is 2.89. The molecule has 0 saturated heterocycles. The van der Waals surface area contributed by atoms with Gasteiger partial charge in [0.1, 0.15) is 6.07 Å². The van der Waals surface area contributed by atoms with Crippen molar-refractivity contribution in [1.29, 1.82) is 5.26 Å². The van der Waals surface area contributed by atoms with Crippen molar-refractivity contribution < 1.29 is 5.11 Å². The Kier molecular flexibility index (Phi) is 1.80. The van der Waals surface area contributed by atoms with Crippen LogP contribution < -0.4 is 0 Å². The largest absolute Gasteiger partial charge is 0.372 e. The van der Waals surface area contributed by atoms with Gasteiger partial charge in [0.25, 0.3) is 0 Å². The molecule has 3 heteroatoms. The van der Waals surface area contributed by atoms with Crippen LogP contribution >= 0.6 is 11.6 Å². The van der Waals surface area contributed by atoms with Gasteiger partial charge in [-0.05, 0) is 12.2 Å². The zero-order valence-corrected chi connectivity index (χ0v) is 5.97. The molecule has 0 saturated carbocycles. The Morgan fingerprint density at radius 2 is 2.50 bits per heavy atom. The summed E-state index contributed by atoms with van der Waals surface area (Å²) in [5, 5.41) is 18.1. The van der Waals surface area contributed by atoms with Gasteiger partial charge in [-0.25, -0.2) is 0 Å². The van der Waals surface area contributed by atoms with Crippen LogP contribution in [0, 0.1) is 11.3 Å². The van der Waals surface area contributed by atoms with E-state index in [9.17, 15) is 5.11 Å². The van der Waals surface area contributed by atoms with Gasteiger partial charge in [-0.1, -0.05) is 17.7 Å². The van der Waals surface area contributed by atoms with Crippen LogP contribution in [0.3, 0.4) is 0 Å². The fraction of sp³-hybridized carbons (Fsp3) is 0.286. The highest BCUT2D eigenvalue weighted by Gasteiger charge is 2.24. The summed E-state index contributed by atoms with van der Waals surface area (Å²) < 4.78 is 0. The smallest absolute Gasteiger partial charge is 0.174 e. The molecule has 0 radical (unpaired) electrons. The first kappa shape index (κ1) is 7.33. The standard InChI is InChI=1S/C7H6ClNO/c8-6-2-1-3-7(10,4-6)5-9/h1-2,4,10H,3H2. The van der Waals surface area contributed by atoms with Crippen LogP contribution in [0.25, 0.3) is 0 Å². The van der Waals surface area contributed by atoms with E-state index in [-0.39, 0.29) is 0 Å². The summed E-state index contributed by atoms with van der Waals surface area (Å²) in [6.45, 7) is 0. The predicted molar refractivity (Wildman–Crippen MR) is 38.3 cm³/mol. The van der Waals surface area contributed by atoms with E-state index in [1.807, 2.05) is 0 Å². The molecule has 2 nitrogen and oxygen atoms in total. The average molecular weight is 156 g/mol. The number of rotatable bonds is 0. The Hall–Kier alpha value is -0.780. The minimum absolute atomic E-state index is 0.319. The van der Waals surface area contributed by atoms with Crippen molar-refractivity contribution in [1.82, 2.24) is 0 Å². The lowest BCUT2D eigenvalue weighted by molar-refractivity contribution is 0.152. The molecule has 52 valence electrons. The summed E-state index contributed by atoms with van der Waals surface area (Å²) in [5.74, 6) is 0. The van der Waals surface area contributed by atoms with E-state index in [1.54, 1.807) is 18.2 Å². The maximum absolute atomic E-state index is 9.28.